The maximum atomic E-state index is 10.6. The normalized spacial score (nSPS) is 12.7. The zero-order valence-corrected chi connectivity index (χ0v) is 17.5. The Balaban J connectivity index is 0.000000972. The Morgan fingerprint density at radius 3 is 2.07 bits per heavy atom. The summed E-state index contributed by atoms with van der Waals surface area (Å²) in [6.45, 7) is 10.2. The molecule has 10 heteroatoms. The minimum absolute atomic E-state index is 0.132. The molecule has 0 aliphatic rings. The number of benzene rings is 1. The topological polar surface area (TPSA) is 122 Å². The number of hydrogen-bond donors (Lipinski definition) is 1. The van der Waals surface area contributed by atoms with Gasteiger partial charge in [-0.3, -0.25) is 14.3 Å². The number of rotatable bonds is 10. The van der Waals surface area contributed by atoms with Gasteiger partial charge in [0, 0.05) is 23.9 Å². The van der Waals surface area contributed by atoms with E-state index in [1.807, 2.05) is 0 Å². The van der Waals surface area contributed by atoms with Crippen LogP contribution in [0.1, 0.15) is 33.6 Å². The van der Waals surface area contributed by atoms with E-state index in [-0.39, 0.29) is 10.6 Å². The summed E-state index contributed by atoms with van der Waals surface area (Å²) in [6.07, 6.45) is 2.28. The predicted molar refractivity (Wildman–Crippen MR) is 104 cm³/mol. The third-order valence-corrected chi connectivity index (χ3v) is 4.97. The second-order valence-electron chi connectivity index (χ2n) is 6.54. The number of nitrogens with zero attached hydrogens (tertiary/aromatic N) is 2. The van der Waals surface area contributed by atoms with Gasteiger partial charge < -0.3 is 14.4 Å². The van der Waals surface area contributed by atoms with Crippen LogP contribution in [0.15, 0.2) is 24.3 Å². The molecular formula is C17H31N3O6S. The van der Waals surface area contributed by atoms with Crippen LogP contribution < -0.4 is 5.32 Å². The zero-order valence-electron chi connectivity index (χ0n) is 16.7. The highest BCUT2D eigenvalue weighted by Gasteiger charge is 2.16. The van der Waals surface area contributed by atoms with E-state index in [1.54, 1.807) is 12.1 Å². The van der Waals surface area contributed by atoms with Crippen molar-refractivity contribution < 1.29 is 26.6 Å². The van der Waals surface area contributed by atoms with Crippen molar-refractivity contribution in [1.29, 1.82) is 0 Å². The lowest BCUT2D eigenvalue weighted by atomic mass is 10.1. The van der Waals surface area contributed by atoms with Crippen molar-refractivity contribution in [2.24, 2.45) is 0 Å². The molecule has 0 aliphatic carbocycles. The van der Waals surface area contributed by atoms with E-state index >= 15 is 0 Å². The molecular weight excluding hydrogens is 374 g/mol. The molecule has 0 radical (unpaired) electrons. The maximum absolute atomic E-state index is 10.6. The molecule has 156 valence electrons. The standard InChI is InChI=1S/C16H28N3O2.CH4O4S/c1-5-19(4,6-2)13-7-8-14(3)17-15-9-11-16(12-10-15)18(20)21;1-5-6(2,3)4/h9-12,14,17H,5-8,13H2,1-4H3;1H3,(H,2,3,4)/q+1;/p-1. The van der Waals surface area contributed by atoms with Gasteiger partial charge in [-0.2, -0.15) is 0 Å². The Bertz CT molecular complexity index is 660. The van der Waals surface area contributed by atoms with Crippen LogP contribution in [0, 0.1) is 10.1 Å². The van der Waals surface area contributed by atoms with Crippen LogP contribution >= 0.6 is 0 Å². The van der Waals surface area contributed by atoms with Crippen LogP contribution in [0.2, 0.25) is 0 Å². The molecule has 1 unspecified atom stereocenters. The van der Waals surface area contributed by atoms with E-state index in [0.29, 0.717) is 6.04 Å². The lowest BCUT2D eigenvalue weighted by Crippen LogP contribution is -2.44. The quantitative estimate of drug-likeness (QED) is 0.209. The number of quaternary nitrogens is 1. The van der Waals surface area contributed by atoms with Crippen molar-refractivity contribution in [2.75, 3.05) is 39.1 Å². The van der Waals surface area contributed by atoms with E-state index in [0.717, 1.165) is 23.7 Å². The second kappa shape index (κ2) is 11.9. The summed E-state index contributed by atoms with van der Waals surface area (Å²) in [5.74, 6) is 0. The molecule has 1 N–H and O–H groups in total. The highest BCUT2D eigenvalue weighted by Crippen LogP contribution is 2.17. The fraction of sp³-hybridized carbons (Fsp3) is 0.647. The Hall–Kier alpha value is -1.75. The molecule has 0 saturated carbocycles. The largest absolute Gasteiger partial charge is 0.726 e. The molecule has 27 heavy (non-hydrogen) atoms. The average Bonchev–Trinajstić information content (AvgIpc) is 2.62. The second-order valence-corrected chi connectivity index (χ2v) is 7.69. The lowest BCUT2D eigenvalue weighted by molar-refractivity contribution is -0.906. The van der Waals surface area contributed by atoms with Gasteiger partial charge in [-0.1, -0.05) is 0 Å². The minimum atomic E-state index is -4.41. The molecule has 1 atom stereocenters. The van der Waals surface area contributed by atoms with E-state index < -0.39 is 10.4 Å². The third kappa shape index (κ3) is 11.5. The number of nitro groups is 1. The van der Waals surface area contributed by atoms with Crippen molar-refractivity contribution in [2.45, 2.75) is 39.7 Å². The van der Waals surface area contributed by atoms with Crippen LogP contribution in [-0.4, -0.2) is 62.2 Å². The van der Waals surface area contributed by atoms with E-state index in [9.17, 15) is 23.1 Å². The van der Waals surface area contributed by atoms with Gasteiger partial charge in [-0.15, -0.1) is 0 Å². The van der Waals surface area contributed by atoms with Crippen LogP contribution in [0.5, 0.6) is 0 Å². The first kappa shape index (κ1) is 25.2. The summed E-state index contributed by atoms with van der Waals surface area (Å²) in [7, 11) is -1.30. The molecule has 0 fully saturated rings. The number of non-ortho nitro benzene ring substituents is 1. The van der Waals surface area contributed by atoms with Gasteiger partial charge in [-0.25, -0.2) is 8.42 Å². The molecule has 9 nitrogen and oxygen atoms in total. The monoisotopic (exact) mass is 405 g/mol. The first-order valence-electron chi connectivity index (χ1n) is 8.82. The van der Waals surface area contributed by atoms with Crippen molar-refractivity contribution in [3.63, 3.8) is 0 Å². The van der Waals surface area contributed by atoms with Crippen LogP contribution in [0.3, 0.4) is 0 Å². The van der Waals surface area contributed by atoms with Gasteiger partial charge in [0.15, 0.2) is 0 Å². The lowest BCUT2D eigenvalue weighted by Gasteiger charge is -2.32. The SMILES string of the molecule is CC[N+](C)(CC)CCCC(C)Nc1ccc([N+](=O)[O-])cc1.COS(=O)(=O)[O-]. The van der Waals surface area contributed by atoms with Crippen molar-refractivity contribution in [3.05, 3.63) is 34.4 Å². The van der Waals surface area contributed by atoms with E-state index in [4.69, 9.17) is 0 Å². The van der Waals surface area contributed by atoms with E-state index in [2.05, 4.69) is 37.3 Å². The summed E-state index contributed by atoms with van der Waals surface area (Å²) in [4.78, 5) is 10.2. The molecule has 0 amide bonds. The number of anilines is 1. The summed E-state index contributed by atoms with van der Waals surface area (Å²) < 4.78 is 32.1. The van der Waals surface area contributed by atoms with E-state index in [1.165, 1.54) is 38.2 Å². The number of nitrogens with one attached hydrogen (secondary N) is 1. The molecule has 1 aromatic carbocycles. The van der Waals surface area contributed by atoms with Gasteiger partial charge in [0.2, 0.25) is 10.4 Å². The summed E-state index contributed by atoms with van der Waals surface area (Å²) in [5.41, 5.74) is 1.07. The van der Waals surface area contributed by atoms with Crippen molar-refractivity contribution >= 4 is 21.8 Å². The van der Waals surface area contributed by atoms with Gasteiger partial charge in [0.05, 0.1) is 38.7 Å². The Labute approximate surface area is 162 Å². The van der Waals surface area contributed by atoms with Crippen LogP contribution in [0.25, 0.3) is 0 Å². The molecule has 0 aliphatic heterocycles. The molecule has 0 spiro atoms. The smallest absolute Gasteiger partial charge is 0.269 e. The maximum Gasteiger partial charge on any atom is 0.269 e. The zero-order chi connectivity index (χ0) is 21.1. The number of nitro benzene ring substituents is 1. The minimum Gasteiger partial charge on any atom is -0.726 e. The molecule has 0 heterocycles. The predicted octanol–water partition coefficient (Wildman–Crippen LogP) is 2.75. The molecule has 0 bridgehead atoms. The Morgan fingerprint density at radius 2 is 1.70 bits per heavy atom. The Morgan fingerprint density at radius 1 is 1.22 bits per heavy atom. The summed E-state index contributed by atoms with van der Waals surface area (Å²) in [6, 6.07) is 6.99. The van der Waals surface area contributed by atoms with Gasteiger partial charge in [0.25, 0.3) is 5.69 Å². The summed E-state index contributed by atoms with van der Waals surface area (Å²) in [5, 5.41) is 14.0. The van der Waals surface area contributed by atoms with Gasteiger partial charge >= 0.3 is 0 Å². The van der Waals surface area contributed by atoms with Crippen LogP contribution in [-0.2, 0) is 14.6 Å². The molecule has 0 aromatic heterocycles. The van der Waals surface area contributed by atoms with Crippen molar-refractivity contribution in [1.82, 2.24) is 0 Å². The summed E-state index contributed by atoms with van der Waals surface area (Å²) >= 11 is 0. The third-order valence-electron chi connectivity index (χ3n) is 4.56. The first-order valence-corrected chi connectivity index (χ1v) is 10.2. The fourth-order valence-corrected chi connectivity index (χ4v) is 2.36. The number of hydrogen-bond acceptors (Lipinski definition) is 7. The average molecular weight is 406 g/mol. The highest BCUT2D eigenvalue weighted by atomic mass is 32.3. The molecule has 1 rings (SSSR count). The molecule has 0 saturated heterocycles. The Kier molecular flexibility index (Phi) is 11.1. The van der Waals surface area contributed by atoms with Gasteiger partial charge in [0.1, 0.15) is 0 Å². The fourth-order valence-electron chi connectivity index (χ4n) is 2.36. The highest BCUT2D eigenvalue weighted by molar-refractivity contribution is 7.80. The van der Waals surface area contributed by atoms with Crippen LogP contribution in [0.4, 0.5) is 11.4 Å². The first-order chi connectivity index (χ1) is 12.5. The van der Waals surface area contributed by atoms with Crippen molar-refractivity contribution in [3.8, 4) is 0 Å². The molecule has 1 aromatic rings. The van der Waals surface area contributed by atoms with Gasteiger partial charge in [-0.05, 0) is 45.7 Å².